The zero-order chi connectivity index (χ0) is 13.0. The molecule has 0 amide bonds. The van der Waals surface area contributed by atoms with Crippen molar-refractivity contribution in [3.63, 3.8) is 0 Å². The van der Waals surface area contributed by atoms with Crippen molar-refractivity contribution < 1.29 is 0 Å². The summed E-state index contributed by atoms with van der Waals surface area (Å²) in [5.41, 5.74) is 5.80. The number of hydrogen-bond donors (Lipinski definition) is 0. The molecule has 0 spiro atoms. The molecule has 2 rings (SSSR count). The van der Waals surface area contributed by atoms with Crippen molar-refractivity contribution in [3.05, 3.63) is 41.0 Å². The zero-order valence-corrected chi connectivity index (χ0v) is 12.0. The first-order valence-electron chi connectivity index (χ1n) is 7.13. The van der Waals surface area contributed by atoms with E-state index in [4.69, 9.17) is 0 Å². The number of hydrogen-bond acceptors (Lipinski definition) is 1. The Hall–Kier alpha value is -1.08. The molecule has 0 unspecified atom stereocenters. The van der Waals surface area contributed by atoms with Gasteiger partial charge >= 0.3 is 0 Å². The van der Waals surface area contributed by atoms with E-state index in [9.17, 15) is 0 Å². The van der Waals surface area contributed by atoms with Crippen molar-refractivity contribution >= 4 is 5.57 Å². The van der Waals surface area contributed by atoms with Crippen LogP contribution in [0.5, 0.6) is 0 Å². The molecule has 0 saturated carbocycles. The number of benzene rings is 1. The summed E-state index contributed by atoms with van der Waals surface area (Å²) in [5, 5.41) is 0. The Morgan fingerprint density at radius 1 is 1.06 bits per heavy atom. The molecule has 98 valence electrons. The lowest BCUT2D eigenvalue weighted by Crippen LogP contribution is -2.31. The van der Waals surface area contributed by atoms with E-state index in [1.807, 2.05) is 0 Å². The summed E-state index contributed by atoms with van der Waals surface area (Å²) in [5.74, 6) is 0. The predicted molar refractivity (Wildman–Crippen MR) is 79.7 cm³/mol. The van der Waals surface area contributed by atoms with Gasteiger partial charge in [-0.1, -0.05) is 36.3 Å². The monoisotopic (exact) mass is 243 g/mol. The molecule has 0 bridgehead atoms. The number of likely N-dealkylation sites (tertiary alicyclic amines) is 1. The number of piperidine rings is 1. The average molecular weight is 243 g/mol. The van der Waals surface area contributed by atoms with Gasteiger partial charge in [0.05, 0.1) is 0 Å². The lowest BCUT2D eigenvalue weighted by molar-refractivity contribution is 0.255. The normalized spacial score (nSPS) is 16.6. The Kier molecular flexibility index (Phi) is 4.60. The smallest absolute Gasteiger partial charge is 0.0239 e. The van der Waals surface area contributed by atoms with Gasteiger partial charge in [-0.2, -0.15) is 0 Å². The van der Waals surface area contributed by atoms with Crippen LogP contribution in [0.3, 0.4) is 0 Å². The van der Waals surface area contributed by atoms with Crippen LogP contribution in [-0.2, 0) is 0 Å². The molecule has 0 N–H and O–H groups in total. The van der Waals surface area contributed by atoms with Crippen LogP contribution in [0, 0.1) is 6.92 Å². The van der Waals surface area contributed by atoms with Crippen LogP contribution in [0.2, 0.25) is 0 Å². The average Bonchev–Trinajstić information content (AvgIpc) is 2.38. The summed E-state index contributed by atoms with van der Waals surface area (Å²) < 4.78 is 0. The van der Waals surface area contributed by atoms with Crippen molar-refractivity contribution in [1.82, 2.24) is 4.90 Å². The lowest BCUT2D eigenvalue weighted by atomic mass is 9.96. The number of aryl methyl sites for hydroxylation is 1. The summed E-state index contributed by atoms with van der Waals surface area (Å²) in [4.78, 5) is 2.61. The molecule has 1 heterocycles. The quantitative estimate of drug-likeness (QED) is 0.766. The van der Waals surface area contributed by atoms with Gasteiger partial charge in [0.25, 0.3) is 0 Å². The van der Waals surface area contributed by atoms with Crippen molar-refractivity contribution in [2.24, 2.45) is 0 Å². The predicted octanol–water partition coefficient (Wildman–Crippen LogP) is 4.27. The first kappa shape index (κ1) is 13.4. The third-order valence-corrected chi connectivity index (χ3v) is 3.90. The van der Waals surface area contributed by atoms with Crippen LogP contribution in [0.4, 0.5) is 0 Å². The highest BCUT2D eigenvalue weighted by atomic mass is 15.1. The maximum Gasteiger partial charge on any atom is 0.0239 e. The molecule has 1 heteroatoms. The van der Waals surface area contributed by atoms with Gasteiger partial charge < -0.3 is 0 Å². The maximum absolute atomic E-state index is 2.61. The van der Waals surface area contributed by atoms with Crippen LogP contribution in [0.15, 0.2) is 29.8 Å². The standard InChI is InChI=1S/C17H25N/c1-14(2)17(13-18-11-7-4-8-12-18)16-10-6-5-9-15(16)3/h5-6,9-10H,4,7-8,11-13H2,1-3H3. The summed E-state index contributed by atoms with van der Waals surface area (Å²) in [6.07, 6.45) is 4.14. The van der Waals surface area contributed by atoms with Gasteiger partial charge in [-0.05, 0) is 63.4 Å². The Labute approximate surface area is 112 Å². The van der Waals surface area contributed by atoms with Gasteiger partial charge in [0.2, 0.25) is 0 Å². The third-order valence-electron chi connectivity index (χ3n) is 3.90. The maximum atomic E-state index is 2.61. The van der Waals surface area contributed by atoms with Crippen molar-refractivity contribution in [2.45, 2.75) is 40.0 Å². The lowest BCUT2D eigenvalue weighted by Gasteiger charge is -2.28. The molecular formula is C17H25N. The van der Waals surface area contributed by atoms with E-state index in [0.29, 0.717) is 0 Å². The summed E-state index contributed by atoms with van der Waals surface area (Å²) >= 11 is 0. The molecule has 1 nitrogen and oxygen atoms in total. The Balaban J connectivity index is 2.19. The fourth-order valence-electron chi connectivity index (χ4n) is 2.77. The van der Waals surface area contributed by atoms with Gasteiger partial charge in [-0.15, -0.1) is 0 Å². The highest BCUT2D eigenvalue weighted by Gasteiger charge is 2.14. The second-order valence-corrected chi connectivity index (χ2v) is 5.63. The molecule has 1 aliphatic heterocycles. The van der Waals surface area contributed by atoms with Crippen LogP contribution in [0.1, 0.15) is 44.2 Å². The van der Waals surface area contributed by atoms with E-state index < -0.39 is 0 Å². The minimum atomic E-state index is 1.12. The molecule has 0 aromatic heterocycles. The van der Waals surface area contributed by atoms with Crippen molar-refractivity contribution in [2.75, 3.05) is 19.6 Å². The van der Waals surface area contributed by atoms with Gasteiger partial charge in [0.1, 0.15) is 0 Å². The fourth-order valence-corrected chi connectivity index (χ4v) is 2.77. The summed E-state index contributed by atoms with van der Waals surface area (Å²) in [7, 11) is 0. The first-order chi connectivity index (χ1) is 8.68. The van der Waals surface area contributed by atoms with E-state index in [2.05, 4.69) is 49.9 Å². The molecule has 0 aliphatic carbocycles. The third kappa shape index (κ3) is 3.23. The Morgan fingerprint density at radius 2 is 1.72 bits per heavy atom. The topological polar surface area (TPSA) is 3.24 Å². The molecule has 18 heavy (non-hydrogen) atoms. The van der Waals surface area contributed by atoms with Crippen molar-refractivity contribution in [1.29, 1.82) is 0 Å². The van der Waals surface area contributed by atoms with Gasteiger partial charge in [0.15, 0.2) is 0 Å². The van der Waals surface area contributed by atoms with Crippen LogP contribution in [0.25, 0.3) is 5.57 Å². The van der Waals surface area contributed by atoms with Crippen molar-refractivity contribution in [3.8, 4) is 0 Å². The van der Waals surface area contributed by atoms with E-state index in [1.54, 1.807) is 0 Å². The minimum Gasteiger partial charge on any atom is -0.299 e. The highest BCUT2D eigenvalue weighted by molar-refractivity contribution is 5.71. The minimum absolute atomic E-state index is 1.12. The first-order valence-corrected chi connectivity index (χ1v) is 7.13. The zero-order valence-electron chi connectivity index (χ0n) is 12.0. The van der Waals surface area contributed by atoms with E-state index in [1.165, 1.54) is 54.6 Å². The Bertz CT molecular complexity index is 421. The van der Waals surface area contributed by atoms with Crippen LogP contribution >= 0.6 is 0 Å². The molecule has 1 fully saturated rings. The molecule has 0 radical (unpaired) electrons. The van der Waals surface area contributed by atoms with Gasteiger partial charge in [-0.25, -0.2) is 0 Å². The number of allylic oxidation sites excluding steroid dienone is 1. The number of rotatable bonds is 3. The SMILES string of the molecule is CC(C)=C(CN1CCCCC1)c1ccccc1C. The summed E-state index contributed by atoms with van der Waals surface area (Å²) in [6, 6.07) is 8.76. The van der Waals surface area contributed by atoms with E-state index >= 15 is 0 Å². The molecule has 1 aromatic rings. The molecule has 1 aromatic carbocycles. The largest absolute Gasteiger partial charge is 0.299 e. The molecule has 1 saturated heterocycles. The highest BCUT2D eigenvalue weighted by Crippen LogP contribution is 2.24. The van der Waals surface area contributed by atoms with Gasteiger partial charge in [-0.3, -0.25) is 4.90 Å². The van der Waals surface area contributed by atoms with E-state index in [0.717, 1.165) is 6.54 Å². The van der Waals surface area contributed by atoms with E-state index in [-0.39, 0.29) is 0 Å². The summed E-state index contributed by atoms with van der Waals surface area (Å²) in [6.45, 7) is 10.4. The number of nitrogens with zero attached hydrogens (tertiary/aromatic N) is 1. The molecule has 1 aliphatic rings. The van der Waals surface area contributed by atoms with Crippen LogP contribution < -0.4 is 0 Å². The fraction of sp³-hybridized carbons (Fsp3) is 0.529. The Morgan fingerprint density at radius 3 is 2.33 bits per heavy atom. The second kappa shape index (κ2) is 6.19. The molecule has 0 atom stereocenters. The van der Waals surface area contributed by atoms with Crippen LogP contribution in [-0.4, -0.2) is 24.5 Å². The molecular weight excluding hydrogens is 218 g/mol. The second-order valence-electron chi connectivity index (χ2n) is 5.63. The van der Waals surface area contributed by atoms with Gasteiger partial charge in [0, 0.05) is 6.54 Å².